The second-order valence-corrected chi connectivity index (χ2v) is 7.90. The second-order valence-electron chi connectivity index (χ2n) is 7.90. The van der Waals surface area contributed by atoms with Crippen LogP contribution < -0.4 is 15.4 Å². The summed E-state index contributed by atoms with van der Waals surface area (Å²) in [6.07, 6.45) is 5.25. The smallest absolute Gasteiger partial charge is 0.191 e. The van der Waals surface area contributed by atoms with Gasteiger partial charge in [-0.1, -0.05) is 30.3 Å². The zero-order chi connectivity index (χ0) is 18.9. The Morgan fingerprint density at radius 3 is 2.71 bits per heavy atom. The van der Waals surface area contributed by atoms with E-state index in [0.29, 0.717) is 18.2 Å². The maximum atomic E-state index is 5.92. The summed E-state index contributed by atoms with van der Waals surface area (Å²) in [5.41, 5.74) is 5.03. The van der Waals surface area contributed by atoms with Crippen LogP contribution in [0.15, 0.2) is 47.5 Å². The highest BCUT2D eigenvalue weighted by Crippen LogP contribution is 2.34. The number of fused-ring (bicyclic) bond motifs is 3. The van der Waals surface area contributed by atoms with Gasteiger partial charge < -0.3 is 20.1 Å². The van der Waals surface area contributed by atoms with E-state index in [1.807, 2.05) is 7.05 Å². The van der Waals surface area contributed by atoms with Gasteiger partial charge in [0.25, 0.3) is 0 Å². The summed E-state index contributed by atoms with van der Waals surface area (Å²) in [5, 5.41) is 6.96. The van der Waals surface area contributed by atoms with Crippen molar-refractivity contribution in [1.29, 1.82) is 0 Å². The molecule has 28 heavy (non-hydrogen) atoms. The Bertz CT molecular complexity index is 878. The van der Waals surface area contributed by atoms with Gasteiger partial charge in [-0.15, -0.1) is 0 Å². The minimum atomic E-state index is 0.348. The van der Waals surface area contributed by atoms with E-state index in [1.165, 1.54) is 28.7 Å². The predicted octanol–water partition coefficient (Wildman–Crippen LogP) is 3.27. The molecule has 146 valence electrons. The quantitative estimate of drug-likeness (QED) is 0.634. The van der Waals surface area contributed by atoms with Gasteiger partial charge in [-0.2, -0.15) is 0 Å². The van der Waals surface area contributed by atoms with Crippen molar-refractivity contribution in [2.75, 3.05) is 13.7 Å². The molecule has 0 aromatic heterocycles. The fourth-order valence-corrected chi connectivity index (χ4v) is 4.53. The molecule has 2 aromatic carbocycles. The van der Waals surface area contributed by atoms with Gasteiger partial charge >= 0.3 is 0 Å². The average Bonchev–Trinajstić information content (AvgIpc) is 3.47. The van der Waals surface area contributed by atoms with Crippen molar-refractivity contribution in [1.82, 2.24) is 10.6 Å². The second kappa shape index (κ2) is 7.47. The van der Waals surface area contributed by atoms with E-state index in [1.54, 1.807) is 0 Å². The van der Waals surface area contributed by atoms with E-state index >= 15 is 0 Å². The maximum absolute atomic E-state index is 5.92. The van der Waals surface area contributed by atoms with Crippen molar-refractivity contribution in [3.63, 3.8) is 0 Å². The largest absolute Gasteiger partial charge is 0.493 e. The third-order valence-electron chi connectivity index (χ3n) is 6.09. The Kier molecular flexibility index (Phi) is 4.69. The van der Waals surface area contributed by atoms with Crippen LogP contribution in [0.3, 0.4) is 0 Å². The first-order chi connectivity index (χ1) is 13.8. The molecule has 3 atom stereocenters. The molecule has 0 spiro atoms. The average molecular weight is 377 g/mol. The zero-order valence-corrected chi connectivity index (χ0v) is 16.3. The Morgan fingerprint density at radius 1 is 1.11 bits per heavy atom. The number of nitrogens with one attached hydrogen (secondary N) is 2. The van der Waals surface area contributed by atoms with E-state index in [0.717, 1.165) is 44.1 Å². The summed E-state index contributed by atoms with van der Waals surface area (Å²) in [4.78, 5) is 4.38. The SMILES string of the molecule is CN=C(NCc1ccc(-c2ccc3c(c2)CCO3)cc1)NC1CC2CCC1O2. The van der Waals surface area contributed by atoms with Crippen LogP contribution in [0.25, 0.3) is 11.1 Å². The Balaban J connectivity index is 1.19. The number of rotatable bonds is 4. The van der Waals surface area contributed by atoms with Gasteiger partial charge in [-0.3, -0.25) is 4.99 Å². The number of hydrogen-bond acceptors (Lipinski definition) is 3. The van der Waals surface area contributed by atoms with Crippen molar-refractivity contribution in [2.45, 2.75) is 50.5 Å². The molecule has 2 fully saturated rings. The number of nitrogens with zero attached hydrogens (tertiary/aromatic N) is 1. The highest BCUT2D eigenvalue weighted by Gasteiger charge is 2.41. The van der Waals surface area contributed by atoms with Crippen LogP contribution in [0, 0.1) is 0 Å². The first kappa shape index (κ1) is 17.6. The molecule has 2 N–H and O–H groups in total. The Labute approximate surface area is 166 Å². The highest BCUT2D eigenvalue weighted by atomic mass is 16.5. The lowest BCUT2D eigenvalue weighted by Crippen LogP contribution is -2.47. The highest BCUT2D eigenvalue weighted by molar-refractivity contribution is 5.80. The van der Waals surface area contributed by atoms with Crippen LogP contribution in [0.4, 0.5) is 0 Å². The van der Waals surface area contributed by atoms with Crippen molar-refractivity contribution >= 4 is 5.96 Å². The van der Waals surface area contributed by atoms with E-state index in [4.69, 9.17) is 9.47 Å². The summed E-state index contributed by atoms with van der Waals surface area (Å²) < 4.78 is 11.5. The van der Waals surface area contributed by atoms with Gasteiger partial charge in [-0.05, 0) is 53.6 Å². The van der Waals surface area contributed by atoms with E-state index in [9.17, 15) is 0 Å². The molecular weight excluding hydrogens is 350 g/mol. The molecule has 5 heteroatoms. The summed E-state index contributed by atoms with van der Waals surface area (Å²) in [5.74, 6) is 1.88. The van der Waals surface area contributed by atoms with Gasteiger partial charge in [0.15, 0.2) is 5.96 Å². The standard InChI is InChI=1S/C23H27N3O2/c1-24-23(26-20-13-19-7-9-22(20)28-19)25-14-15-2-4-16(5-3-15)17-6-8-21-18(12-17)10-11-27-21/h2-6,8,12,19-20,22H,7,9-11,13-14H2,1H3,(H2,24,25,26). The number of benzene rings is 2. The van der Waals surface area contributed by atoms with Crippen LogP contribution in [-0.2, 0) is 17.7 Å². The van der Waals surface area contributed by atoms with E-state index in [2.05, 4.69) is 58.1 Å². The summed E-state index contributed by atoms with van der Waals surface area (Å²) >= 11 is 0. The lowest BCUT2D eigenvalue weighted by Gasteiger charge is -2.22. The molecular formula is C23H27N3O2. The van der Waals surface area contributed by atoms with Crippen molar-refractivity contribution in [3.05, 3.63) is 53.6 Å². The summed E-state index contributed by atoms with van der Waals surface area (Å²) in [6.45, 7) is 1.55. The molecule has 5 rings (SSSR count). The number of ether oxygens (including phenoxy) is 2. The van der Waals surface area contributed by atoms with E-state index < -0.39 is 0 Å². The molecule has 3 aliphatic heterocycles. The normalized spacial score (nSPS) is 25.5. The van der Waals surface area contributed by atoms with Crippen LogP contribution >= 0.6 is 0 Å². The molecule has 2 aromatic rings. The maximum Gasteiger partial charge on any atom is 0.191 e. The Hall–Kier alpha value is -2.53. The summed E-state index contributed by atoms with van der Waals surface area (Å²) in [6, 6.07) is 15.6. The molecule has 3 heterocycles. The molecule has 5 nitrogen and oxygen atoms in total. The zero-order valence-electron chi connectivity index (χ0n) is 16.3. The topological polar surface area (TPSA) is 54.9 Å². The number of hydrogen-bond donors (Lipinski definition) is 2. The molecule has 2 bridgehead atoms. The van der Waals surface area contributed by atoms with Gasteiger partial charge in [0.1, 0.15) is 5.75 Å². The van der Waals surface area contributed by atoms with Gasteiger partial charge in [-0.25, -0.2) is 0 Å². The van der Waals surface area contributed by atoms with Gasteiger partial charge in [0.2, 0.25) is 0 Å². The molecule has 0 saturated carbocycles. The first-order valence-corrected chi connectivity index (χ1v) is 10.3. The van der Waals surface area contributed by atoms with E-state index in [-0.39, 0.29) is 0 Å². The molecule has 3 aliphatic rings. The van der Waals surface area contributed by atoms with Crippen LogP contribution in [0.1, 0.15) is 30.4 Å². The third kappa shape index (κ3) is 3.47. The summed E-state index contributed by atoms with van der Waals surface area (Å²) in [7, 11) is 1.82. The Morgan fingerprint density at radius 2 is 1.96 bits per heavy atom. The van der Waals surface area contributed by atoms with Gasteiger partial charge in [0, 0.05) is 20.0 Å². The molecule has 0 amide bonds. The minimum Gasteiger partial charge on any atom is -0.493 e. The molecule has 0 radical (unpaired) electrons. The fourth-order valence-electron chi connectivity index (χ4n) is 4.53. The first-order valence-electron chi connectivity index (χ1n) is 10.3. The molecule has 0 aliphatic carbocycles. The van der Waals surface area contributed by atoms with Crippen molar-refractivity contribution in [3.8, 4) is 16.9 Å². The number of aliphatic imine (C=N–C) groups is 1. The lowest BCUT2D eigenvalue weighted by molar-refractivity contribution is 0.0992. The number of guanidine groups is 1. The van der Waals surface area contributed by atoms with Crippen molar-refractivity contribution < 1.29 is 9.47 Å². The minimum absolute atomic E-state index is 0.348. The van der Waals surface area contributed by atoms with Crippen LogP contribution in [0.5, 0.6) is 5.75 Å². The predicted molar refractivity (Wildman–Crippen MR) is 111 cm³/mol. The molecule has 2 saturated heterocycles. The third-order valence-corrected chi connectivity index (χ3v) is 6.09. The van der Waals surface area contributed by atoms with Crippen LogP contribution in [0.2, 0.25) is 0 Å². The fraction of sp³-hybridized carbons (Fsp3) is 0.435. The van der Waals surface area contributed by atoms with Gasteiger partial charge in [0.05, 0.1) is 24.9 Å². The lowest BCUT2D eigenvalue weighted by atomic mass is 9.96. The monoisotopic (exact) mass is 377 g/mol. The van der Waals surface area contributed by atoms with Crippen LogP contribution in [-0.4, -0.2) is 37.9 Å². The van der Waals surface area contributed by atoms with Crippen molar-refractivity contribution in [2.24, 2.45) is 4.99 Å². The molecule has 3 unspecified atom stereocenters.